The zero-order valence-corrected chi connectivity index (χ0v) is 14.0. The van der Waals surface area contributed by atoms with Crippen molar-refractivity contribution in [2.75, 3.05) is 32.4 Å². The van der Waals surface area contributed by atoms with Crippen LogP contribution in [0.1, 0.15) is 26.2 Å². The van der Waals surface area contributed by atoms with Crippen LogP contribution in [0.4, 0.5) is 4.79 Å². The maximum atomic E-state index is 11.5. The van der Waals surface area contributed by atoms with Gasteiger partial charge in [-0.2, -0.15) is 11.8 Å². The third-order valence-corrected chi connectivity index (χ3v) is 5.03. The minimum absolute atomic E-state index is 0.0962. The Morgan fingerprint density at radius 2 is 2.27 bits per heavy atom. The fraction of sp³-hybridized carbons (Fsp3) is 0.786. The summed E-state index contributed by atoms with van der Waals surface area (Å²) < 4.78 is 0. The van der Waals surface area contributed by atoms with Crippen molar-refractivity contribution >= 4 is 29.7 Å². The molecule has 2 atom stereocenters. The van der Waals surface area contributed by atoms with Crippen LogP contribution in [0, 0.1) is 0 Å². The molecule has 8 heteroatoms. The molecule has 3 N–H and O–H groups in total. The molecule has 0 aromatic heterocycles. The van der Waals surface area contributed by atoms with Gasteiger partial charge in [-0.15, -0.1) is 0 Å². The van der Waals surface area contributed by atoms with E-state index in [1.165, 1.54) is 11.3 Å². The van der Waals surface area contributed by atoms with Crippen LogP contribution in [-0.4, -0.2) is 66.5 Å². The average Bonchev–Trinajstić information content (AvgIpc) is 3.08. The Morgan fingerprint density at radius 1 is 1.45 bits per heavy atom. The summed E-state index contributed by atoms with van der Waals surface area (Å²) in [7, 11) is 0. The maximum absolute atomic E-state index is 11.5. The summed E-state index contributed by atoms with van der Waals surface area (Å²) >= 11 is 1.92. The molecule has 0 aromatic carbocycles. The van der Waals surface area contributed by atoms with Crippen molar-refractivity contribution in [1.82, 2.24) is 20.9 Å². The van der Waals surface area contributed by atoms with Crippen molar-refractivity contribution in [2.24, 2.45) is 4.99 Å². The number of nitrogens with one attached hydrogen (secondary N) is 3. The number of guanidine groups is 1. The molecule has 7 nitrogen and oxygen atoms in total. The van der Waals surface area contributed by atoms with Crippen LogP contribution in [0.5, 0.6) is 0 Å². The lowest BCUT2D eigenvalue weighted by atomic mass is 10.2. The highest BCUT2D eigenvalue weighted by Gasteiger charge is 2.28. The summed E-state index contributed by atoms with van der Waals surface area (Å²) in [5.74, 6) is 0.582. The second-order valence-electron chi connectivity index (χ2n) is 5.48. The van der Waals surface area contributed by atoms with Crippen LogP contribution >= 0.6 is 11.8 Å². The van der Waals surface area contributed by atoms with Gasteiger partial charge in [-0.3, -0.25) is 14.7 Å². The van der Waals surface area contributed by atoms with E-state index in [-0.39, 0.29) is 18.5 Å². The number of aliphatic imine (C=N–C) groups is 1. The van der Waals surface area contributed by atoms with E-state index >= 15 is 0 Å². The quantitative estimate of drug-likeness (QED) is 0.373. The van der Waals surface area contributed by atoms with E-state index < -0.39 is 0 Å². The van der Waals surface area contributed by atoms with Crippen LogP contribution in [-0.2, 0) is 4.79 Å². The molecule has 2 unspecified atom stereocenters. The van der Waals surface area contributed by atoms with Crippen molar-refractivity contribution in [3.63, 3.8) is 0 Å². The molecule has 1 heterocycles. The Balaban J connectivity index is 1.82. The van der Waals surface area contributed by atoms with E-state index in [1.54, 1.807) is 0 Å². The van der Waals surface area contributed by atoms with Crippen molar-refractivity contribution < 1.29 is 9.59 Å². The minimum atomic E-state index is -0.322. The molecule has 2 rings (SSSR count). The molecular weight excluding hydrogens is 302 g/mol. The fourth-order valence-corrected chi connectivity index (χ4v) is 3.54. The number of amides is 3. The number of carbonyl (C=O) groups is 2. The predicted octanol–water partition coefficient (Wildman–Crippen LogP) is 0.377. The summed E-state index contributed by atoms with van der Waals surface area (Å²) in [6.07, 6.45) is 5.70. The van der Waals surface area contributed by atoms with Gasteiger partial charge in [0, 0.05) is 17.8 Å². The third-order valence-electron chi connectivity index (χ3n) is 3.93. The minimum Gasteiger partial charge on any atom is -0.357 e. The summed E-state index contributed by atoms with van der Waals surface area (Å²) in [5.41, 5.74) is 0. The smallest absolute Gasteiger partial charge is 0.324 e. The Morgan fingerprint density at radius 3 is 2.86 bits per heavy atom. The number of hydrogen-bond donors (Lipinski definition) is 3. The summed E-state index contributed by atoms with van der Waals surface area (Å²) in [6, 6.07) is 0.128. The first kappa shape index (κ1) is 16.9. The van der Waals surface area contributed by atoms with Crippen LogP contribution in [0.25, 0.3) is 0 Å². The number of imide groups is 1. The van der Waals surface area contributed by atoms with Gasteiger partial charge in [0.05, 0.1) is 19.6 Å². The number of thioether (sulfide) groups is 1. The number of hydrogen-bond acceptors (Lipinski definition) is 4. The molecule has 1 saturated heterocycles. The van der Waals surface area contributed by atoms with Gasteiger partial charge in [-0.1, -0.05) is 0 Å². The molecule has 1 aliphatic heterocycles. The molecule has 1 aliphatic carbocycles. The molecular formula is C14H25N5O2S. The average molecular weight is 327 g/mol. The van der Waals surface area contributed by atoms with Gasteiger partial charge in [-0.05, 0) is 32.4 Å². The number of nitrogens with zero attached hydrogens (tertiary/aromatic N) is 2. The first-order valence-electron chi connectivity index (χ1n) is 7.79. The van der Waals surface area contributed by atoms with Gasteiger partial charge in [0.1, 0.15) is 0 Å². The lowest BCUT2D eigenvalue weighted by molar-refractivity contribution is -0.124. The zero-order chi connectivity index (χ0) is 15.9. The van der Waals surface area contributed by atoms with Gasteiger partial charge in [-0.25, -0.2) is 4.79 Å². The van der Waals surface area contributed by atoms with Gasteiger partial charge < -0.3 is 16.0 Å². The van der Waals surface area contributed by atoms with Crippen molar-refractivity contribution in [3.8, 4) is 0 Å². The second kappa shape index (κ2) is 8.26. The Bertz CT molecular complexity index is 427. The van der Waals surface area contributed by atoms with Crippen LogP contribution < -0.4 is 16.0 Å². The van der Waals surface area contributed by atoms with E-state index in [1.807, 2.05) is 18.7 Å². The third kappa shape index (κ3) is 4.53. The SMILES string of the molecule is CCNC(=NCCN1C(=O)CNC1=O)NC1CCC(SC)C1. The fourth-order valence-electron chi connectivity index (χ4n) is 2.74. The number of urea groups is 1. The predicted molar refractivity (Wildman–Crippen MR) is 89.2 cm³/mol. The van der Waals surface area contributed by atoms with Gasteiger partial charge in [0.15, 0.2) is 5.96 Å². The van der Waals surface area contributed by atoms with Gasteiger partial charge in [0.25, 0.3) is 0 Å². The van der Waals surface area contributed by atoms with Gasteiger partial charge in [0.2, 0.25) is 5.91 Å². The van der Waals surface area contributed by atoms with Crippen molar-refractivity contribution in [1.29, 1.82) is 0 Å². The maximum Gasteiger partial charge on any atom is 0.324 e. The topological polar surface area (TPSA) is 85.8 Å². The molecule has 0 bridgehead atoms. The number of carbonyl (C=O) groups excluding carboxylic acids is 2. The Kier molecular flexibility index (Phi) is 6.35. The standard InChI is InChI=1S/C14H25N5O2S/c1-3-15-13(18-10-4-5-11(8-10)22-2)16-6-7-19-12(20)9-17-14(19)21/h10-11H,3-9H2,1-2H3,(H,17,21)(H2,15,16,18). The molecule has 3 amide bonds. The first-order valence-corrected chi connectivity index (χ1v) is 9.08. The van der Waals surface area contributed by atoms with Gasteiger partial charge >= 0.3 is 6.03 Å². The normalized spacial score (nSPS) is 25.5. The summed E-state index contributed by atoms with van der Waals surface area (Å²) in [5, 5.41) is 9.90. The zero-order valence-electron chi connectivity index (χ0n) is 13.2. The molecule has 0 spiro atoms. The van der Waals surface area contributed by atoms with E-state index in [2.05, 4.69) is 27.2 Å². The summed E-state index contributed by atoms with van der Waals surface area (Å²) in [6.45, 7) is 3.63. The largest absolute Gasteiger partial charge is 0.357 e. The van der Waals surface area contributed by atoms with Crippen LogP contribution in [0.3, 0.4) is 0 Å². The lowest BCUT2D eigenvalue weighted by Crippen LogP contribution is -2.43. The van der Waals surface area contributed by atoms with E-state index in [9.17, 15) is 9.59 Å². The molecule has 1 saturated carbocycles. The van der Waals surface area contributed by atoms with E-state index in [4.69, 9.17) is 0 Å². The molecule has 22 heavy (non-hydrogen) atoms. The van der Waals surface area contributed by atoms with E-state index in [0.717, 1.165) is 30.6 Å². The summed E-state index contributed by atoms with van der Waals surface area (Å²) in [4.78, 5) is 28.6. The monoisotopic (exact) mass is 327 g/mol. The van der Waals surface area contributed by atoms with E-state index in [0.29, 0.717) is 19.1 Å². The lowest BCUT2D eigenvalue weighted by Gasteiger charge is -2.17. The highest BCUT2D eigenvalue weighted by atomic mass is 32.2. The Hall–Kier alpha value is -1.44. The van der Waals surface area contributed by atoms with Crippen molar-refractivity contribution in [2.45, 2.75) is 37.5 Å². The second-order valence-corrected chi connectivity index (χ2v) is 6.61. The Labute approximate surface area is 135 Å². The molecule has 2 aliphatic rings. The molecule has 0 aromatic rings. The van der Waals surface area contributed by atoms with Crippen LogP contribution in [0.15, 0.2) is 4.99 Å². The first-order chi connectivity index (χ1) is 10.6. The van der Waals surface area contributed by atoms with Crippen molar-refractivity contribution in [3.05, 3.63) is 0 Å². The van der Waals surface area contributed by atoms with Crippen LogP contribution in [0.2, 0.25) is 0 Å². The highest BCUT2D eigenvalue weighted by molar-refractivity contribution is 7.99. The molecule has 124 valence electrons. The highest BCUT2D eigenvalue weighted by Crippen LogP contribution is 2.27. The molecule has 0 radical (unpaired) electrons. The molecule has 2 fully saturated rings. The number of rotatable bonds is 6.